The molecule has 7 heteroatoms. The largest absolute Gasteiger partial charge is 0.456 e. The van der Waals surface area contributed by atoms with Crippen molar-refractivity contribution in [2.24, 2.45) is 50.2 Å². The van der Waals surface area contributed by atoms with Crippen molar-refractivity contribution in [1.29, 1.82) is 0 Å². The zero-order valence-electron chi connectivity index (χ0n) is 27.3. The van der Waals surface area contributed by atoms with Crippen LogP contribution in [0.25, 0.3) is 0 Å². The number of aliphatic hydroxyl groups is 5. The van der Waals surface area contributed by atoms with Crippen LogP contribution in [0.15, 0.2) is 23.3 Å². The van der Waals surface area contributed by atoms with Gasteiger partial charge in [0.15, 0.2) is 0 Å². The van der Waals surface area contributed by atoms with E-state index in [2.05, 4.69) is 40.7 Å². The molecule has 5 N–H and O–H groups in total. The SMILES string of the molecule is CC=C(C)C(=O)OC1C(O)C2(CO)C(CC1(C)C)C1=CCC3C4(C)CCC(O)C(C)(C)C4CCC3(C)C1(C)C(O)C2O. The second-order valence-corrected chi connectivity index (χ2v) is 16.7. The number of fused-ring (bicyclic) bond motifs is 7. The number of esters is 1. The average Bonchev–Trinajstić information content (AvgIpc) is 2.92. The molecule has 12 unspecified atom stereocenters. The van der Waals surface area contributed by atoms with E-state index in [1.54, 1.807) is 19.9 Å². The Kier molecular flexibility index (Phi) is 7.56. The Balaban J connectivity index is 1.62. The fourth-order valence-corrected chi connectivity index (χ4v) is 11.5. The number of carbonyl (C=O) groups excluding carboxylic acids is 1. The van der Waals surface area contributed by atoms with E-state index >= 15 is 0 Å². The lowest BCUT2D eigenvalue weighted by molar-refractivity contribution is -0.289. The van der Waals surface area contributed by atoms with E-state index in [-0.39, 0.29) is 28.3 Å². The topological polar surface area (TPSA) is 127 Å². The lowest BCUT2D eigenvalue weighted by Crippen LogP contribution is -2.76. The van der Waals surface area contributed by atoms with Crippen LogP contribution in [0.1, 0.15) is 101 Å². The van der Waals surface area contributed by atoms with Gasteiger partial charge < -0.3 is 30.3 Å². The molecule has 0 aliphatic heterocycles. The summed E-state index contributed by atoms with van der Waals surface area (Å²) in [6, 6.07) is 0. The van der Waals surface area contributed by atoms with Crippen LogP contribution in [-0.4, -0.2) is 68.6 Å². The first-order valence-electron chi connectivity index (χ1n) is 16.2. The van der Waals surface area contributed by atoms with Gasteiger partial charge in [-0.1, -0.05) is 66.2 Å². The highest BCUT2D eigenvalue weighted by Gasteiger charge is 2.75. The van der Waals surface area contributed by atoms with Crippen molar-refractivity contribution in [1.82, 2.24) is 0 Å². The van der Waals surface area contributed by atoms with Crippen LogP contribution in [0.2, 0.25) is 0 Å². The average molecular weight is 589 g/mol. The first-order chi connectivity index (χ1) is 19.3. The van der Waals surface area contributed by atoms with Gasteiger partial charge in [0.1, 0.15) is 12.2 Å². The van der Waals surface area contributed by atoms with Crippen LogP contribution in [0.4, 0.5) is 0 Å². The van der Waals surface area contributed by atoms with Gasteiger partial charge in [-0.3, -0.25) is 0 Å². The standard InChI is InChI=1S/C35H56O7/c1-10-19(2)29(41)42-28-27(40)35(18-36)21(17-30(28,3)4)20-11-12-23-32(7)15-14-24(37)31(5,6)22(32)13-16-33(23,8)34(20,9)25(38)26(35)39/h10-11,21-28,36-40H,12-18H2,1-9H3. The molecular weight excluding hydrogens is 532 g/mol. The quantitative estimate of drug-likeness (QED) is 0.186. The van der Waals surface area contributed by atoms with Crippen LogP contribution in [0, 0.1) is 50.2 Å². The van der Waals surface area contributed by atoms with E-state index in [1.807, 2.05) is 13.8 Å². The third-order valence-electron chi connectivity index (χ3n) is 14.5. The molecule has 0 saturated heterocycles. The number of hydrogen-bond acceptors (Lipinski definition) is 7. The fraction of sp³-hybridized carbons (Fsp3) is 0.857. The summed E-state index contributed by atoms with van der Waals surface area (Å²) in [6.45, 7) is 18.0. The van der Waals surface area contributed by atoms with Gasteiger partial charge in [0.2, 0.25) is 0 Å². The van der Waals surface area contributed by atoms with E-state index in [0.29, 0.717) is 17.9 Å². The molecule has 12 atom stereocenters. The molecule has 0 aromatic carbocycles. The highest BCUT2D eigenvalue weighted by molar-refractivity contribution is 5.87. The monoisotopic (exact) mass is 588 g/mol. The van der Waals surface area contributed by atoms with Gasteiger partial charge in [-0.15, -0.1) is 0 Å². The Hall–Kier alpha value is -1.25. The number of hydrogen-bond donors (Lipinski definition) is 5. The van der Waals surface area contributed by atoms with Gasteiger partial charge in [0, 0.05) is 16.4 Å². The first-order valence-corrected chi connectivity index (χ1v) is 16.2. The molecule has 5 aliphatic rings. The third kappa shape index (κ3) is 3.79. The summed E-state index contributed by atoms with van der Waals surface area (Å²) in [5.74, 6) is -0.345. The first kappa shape index (κ1) is 32.2. The van der Waals surface area contributed by atoms with Gasteiger partial charge >= 0.3 is 5.97 Å². The van der Waals surface area contributed by atoms with Crippen molar-refractivity contribution in [3.8, 4) is 0 Å². The second-order valence-electron chi connectivity index (χ2n) is 16.7. The Bertz CT molecular complexity index is 1170. The molecule has 4 fully saturated rings. The summed E-state index contributed by atoms with van der Waals surface area (Å²) in [7, 11) is 0. The highest BCUT2D eigenvalue weighted by atomic mass is 16.6. The molecule has 0 aromatic heterocycles. The maximum Gasteiger partial charge on any atom is 0.333 e. The lowest BCUT2D eigenvalue weighted by Gasteiger charge is -2.73. The molecule has 0 amide bonds. The molecule has 0 bridgehead atoms. The molecule has 5 rings (SSSR count). The van der Waals surface area contributed by atoms with Crippen molar-refractivity contribution in [3.63, 3.8) is 0 Å². The molecule has 42 heavy (non-hydrogen) atoms. The number of aliphatic hydroxyl groups excluding tert-OH is 5. The Morgan fingerprint density at radius 3 is 2.19 bits per heavy atom. The smallest absolute Gasteiger partial charge is 0.333 e. The van der Waals surface area contributed by atoms with Crippen molar-refractivity contribution in [2.75, 3.05) is 6.61 Å². The molecular formula is C35H56O7. The molecule has 0 heterocycles. The van der Waals surface area contributed by atoms with E-state index in [0.717, 1.165) is 37.7 Å². The minimum atomic E-state index is -1.48. The van der Waals surface area contributed by atoms with E-state index < -0.39 is 59.2 Å². The highest BCUT2D eigenvalue weighted by Crippen LogP contribution is 2.75. The molecule has 0 radical (unpaired) electrons. The van der Waals surface area contributed by atoms with Gasteiger partial charge in [-0.2, -0.15) is 0 Å². The molecule has 4 saturated carbocycles. The van der Waals surface area contributed by atoms with E-state index in [9.17, 15) is 30.3 Å². The number of allylic oxidation sites excluding steroid dienone is 2. The second kappa shape index (κ2) is 9.87. The van der Waals surface area contributed by atoms with Gasteiger partial charge in [-0.25, -0.2) is 4.79 Å². The summed E-state index contributed by atoms with van der Waals surface area (Å²) in [6.07, 6.45) is 3.39. The molecule has 5 aliphatic carbocycles. The molecule has 238 valence electrons. The van der Waals surface area contributed by atoms with Crippen LogP contribution in [-0.2, 0) is 9.53 Å². The Morgan fingerprint density at radius 1 is 0.952 bits per heavy atom. The van der Waals surface area contributed by atoms with E-state index in [1.165, 1.54) is 0 Å². The minimum absolute atomic E-state index is 0.0355. The molecule has 0 aromatic rings. The maximum atomic E-state index is 12.9. The normalized spacial score (nSPS) is 51.3. The zero-order chi connectivity index (χ0) is 31.4. The Morgan fingerprint density at radius 2 is 1.60 bits per heavy atom. The predicted octanol–water partition coefficient (Wildman–Crippen LogP) is 4.54. The van der Waals surface area contributed by atoms with Gasteiger partial charge in [0.25, 0.3) is 0 Å². The molecule has 0 spiro atoms. The Labute approximate surface area is 252 Å². The van der Waals surface area contributed by atoms with Crippen LogP contribution in [0.5, 0.6) is 0 Å². The lowest BCUT2D eigenvalue weighted by atomic mass is 9.32. The predicted molar refractivity (Wildman–Crippen MR) is 161 cm³/mol. The van der Waals surface area contributed by atoms with Crippen molar-refractivity contribution in [2.45, 2.75) is 131 Å². The van der Waals surface area contributed by atoms with Gasteiger partial charge in [-0.05, 0) is 86.4 Å². The van der Waals surface area contributed by atoms with Crippen LogP contribution in [0.3, 0.4) is 0 Å². The summed E-state index contributed by atoms with van der Waals surface area (Å²) < 4.78 is 5.90. The van der Waals surface area contributed by atoms with Crippen LogP contribution >= 0.6 is 0 Å². The number of ether oxygens (including phenoxy) is 1. The number of carbonyl (C=O) groups is 1. The summed E-state index contributed by atoms with van der Waals surface area (Å²) in [5, 5.41) is 58.4. The van der Waals surface area contributed by atoms with Crippen LogP contribution < -0.4 is 0 Å². The van der Waals surface area contributed by atoms with Crippen molar-refractivity contribution < 1.29 is 35.1 Å². The summed E-state index contributed by atoms with van der Waals surface area (Å²) in [4.78, 5) is 12.9. The van der Waals surface area contributed by atoms with Crippen molar-refractivity contribution >= 4 is 5.97 Å². The van der Waals surface area contributed by atoms with E-state index in [4.69, 9.17) is 4.74 Å². The van der Waals surface area contributed by atoms with Gasteiger partial charge in [0.05, 0.1) is 30.3 Å². The summed E-state index contributed by atoms with van der Waals surface area (Å²) >= 11 is 0. The maximum absolute atomic E-state index is 12.9. The minimum Gasteiger partial charge on any atom is -0.456 e. The number of rotatable bonds is 3. The zero-order valence-corrected chi connectivity index (χ0v) is 27.3. The van der Waals surface area contributed by atoms with Crippen molar-refractivity contribution in [3.05, 3.63) is 23.3 Å². The fourth-order valence-electron chi connectivity index (χ4n) is 11.5. The third-order valence-corrected chi connectivity index (χ3v) is 14.5. The summed E-state index contributed by atoms with van der Waals surface area (Å²) in [5.41, 5.74) is -2.05. The molecule has 7 nitrogen and oxygen atoms in total.